The van der Waals surface area contributed by atoms with E-state index in [1.54, 1.807) is 0 Å². The summed E-state index contributed by atoms with van der Waals surface area (Å²) < 4.78 is 6.52. The highest BCUT2D eigenvalue weighted by Crippen LogP contribution is 2.54. The molecule has 0 spiro atoms. The van der Waals surface area contributed by atoms with Crippen LogP contribution < -0.4 is 10.6 Å². The molecule has 8 aromatic rings. The molecule has 3 nitrogen and oxygen atoms in total. The number of fused-ring (bicyclic) bond motifs is 7. The van der Waals surface area contributed by atoms with Crippen molar-refractivity contribution >= 4 is 38.2 Å². The van der Waals surface area contributed by atoms with E-state index in [0.717, 1.165) is 22.4 Å². The van der Waals surface area contributed by atoms with Crippen LogP contribution in [0.25, 0.3) is 65.9 Å². The molecule has 2 unspecified atom stereocenters. The maximum absolute atomic E-state index is 6.52. The van der Waals surface area contributed by atoms with Crippen LogP contribution in [-0.2, 0) is 0 Å². The molecule has 0 amide bonds. The predicted octanol–water partition coefficient (Wildman–Crippen LogP) is 10.9. The Morgan fingerprint density at radius 2 is 1.27 bits per heavy atom. The fourth-order valence-corrected chi connectivity index (χ4v) is 7.69. The van der Waals surface area contributed by atoms with Gasteiger partial charge in [-0.1, -0.05) is 127 Å². The molecule has 2 aliphatic rings. The second-order valence-corrected chi connectivity index (χ2v) is 12.1. The Morgan fingerprint density at radius 1 is 0.533 bits per heavy atom. The Kier molecular flexibility index (Phi) is 5.19. The van der Waals surface area contributed by atoms with Crippen LogP contribution in [0.3, 0.4) is 0 Å². The van der Waals surface area contributed by atoms with E-state index in [4.69, 9.17) is 4.42 Å². The van der Waals surface area contributed by atoms with Crippen LogP contribution in [0.2, 0.25) is 0 Å². The lowest BCUT2D eigenvalue weighted by molar-refractivity contribution is 0.423. The minimum atomic E-state index is -0.146. The van der Waals surface area contributed by atoms with Gasteiger partial charge in [0.05, 0.1) is 11.7 Å². The molecule has 1 aliphatic carbocycles. The Morgan fingerprint density at radius 3 is 2.13 bits per heavy atom. The molecule has 7 aromatic carbocycles. The number of furan rings is 1. The summed E-state index contributed by atoms with van der Waals surface area (Å²) in [5.41, 5.74) is 12.0. The number of benzene rings is 7. The van der Waals surface area contributed by atoms with Crippen LogP contribution in [0.5, 0.6) is 0 Å². The molecule has 0 saturated carbocycles. The third-order valence-corrected chi connectivity index (χ3v) is 9.69. The molecule has 1 aliphatic heterocycles. The molecule has 10 rings (SSSR count). The van der Waals surface area contributed by atoms with Gasteiger partial charge in [-0.15, -0.1) is 0 Å². The first-order valence-electron chi connectivity index (χ1n) is 15.6. The van der Waals surface area contributed by atoms with Gasteiger partial charge in [0.25, 0.3) is 0 Å². The quantitative estimate of drug-likeness (QED) is 0.220. The highest BCUT2D eigenvalue weighted by molar-refractivity contribution is 6.19. The molecule has 2 N–H and O–H groups in total. The Labute approximate surface area is 260 Å². The number of rotatable bonds is 3. The Bertz CT molecular complexity index is 2450. The average Bonchev–Trinajstić information content (AvgIpc) is 3.65. The molecular weight excluding hydrogens is 548 g/mol. The van der Waals surface area contributed by atoms with E-state index < -0.39 is 0 Å². The minimum Gasteiger partial charge on any atom is -0.457 e. The van der Waals surface area contributed by atoms with Gasteiger partial charge in [-0.3, -0.25) is 5.32 Å². The first kappa shape index (κ1) is 24.8. The van der Waals surface area contributed by atoms with Gasteiger partial charge in [0.15, 0.2) is 0 Å². The van der Waals surface area contributed by atoms with Gasteiger partial charge in [-0.25, -0.2) is 0 Å². The molecule has 3 heteroatoms. The van der Waals surface area contributed by atoms with Crippen molar-refractivity contribution in [3.63, 3.8) is 0 Å². The third kappa shape index (κ3) is 3.62. The van der Waals surface area contributed by atoms with Gasteiger partial charge in [0.1, 0.15) is 17.5 Å². The third-order valence-electron chi connectivity index (χ3n) is 9.69. The summed E-state index contributed by atoms with van der Waals surface area (Å²) in [6.45, 7) is 0. The van der Waals surface area contributed by atoms with Gasteiger partial charge in [0.2, 0.25) is 0 Å². The molecule has 212 valence electrons. The van der Waals surface area contributed by atoms with Crippen LogP contribution in [-0.4, -0.2) is 0 Å². The van der Waals surface area contributed by atoms with Gasteiger partial charge in [0, 0.05) is 5.39 Å². The van der Waals surface area contributed by atoms with Gasteiger partial charge < -0.3 is 9.73 Å². The normalized spacial score (nSPS) is 16.5. The second-order valence-electron chi connectivity index (χ2n) is 12.1. The molecule has 0 fully saturated rings. The second kappa shape index (κ2) is 9.43. The molecule has 2 atom stereocenters. The molecule has 1 aromatic heterocycles. The van der Waals surface area contributed by atoms with Crippen LogP contribution in [0, 0.1) is 0 Å². The Hall–Kier alpha value is -5.64. The summed E-state index contributed by atoms with van der Waals surface area (Å²) in [6.07, 6.45) is -0.146. The Balaban J connectivity index is 1.22. The minimum absolute atomic E-state index is 0.102. The SMILES string of the molecule is c1ccc(C2NC(c3ccc(-c4ccc5ccccc5c4)c4c3-c3cccc5cccc-4c35)Nc3c2oc2ccccc32)cc1. The van der Waals surface area contributed by atoms with Crippen LogP contribution in [0.4, 0.5) is 5.69 Å². The maximum atomic E-state index is 6.52. The zero-order chi connectivity index (χ0) is 29.5. The van der Waals surface area contributed by atoms with Crippen molar-refractivity contribution in [3.05, 3.63) is 162 Å². The summed E-state index contributed by atoms with van der Waals surface area (Å²) in [7, 11) is 0. The number of anilines is 1. The van der Waals surface area contributed by atoms with Crippen molar-refractivity contribution in [2.24, 2.45) is 0 Å². The fraction of sp³-hybridized carbons (Fsp3) is 0.0476. The summed E-state index contributed by atoms with van der Waals surface area (Å²) >= 11 is 0. The van der Waals surface area contributed by atoms with Crippen molar-refractivity contribution < 1.29 is 4.42 Å². The lowest BCUT2D eigenvalue weighted by Gasteiger charge is -2.34. The lowest BCUT2D eigenvalue weighted by atomic mass is 9.87. The number of hydrogen-bond acceptors (Lipinski definition) is 3. The van der Waals surface area contributed by atoms with Gasteiger partial charge in [-0.2, -0.15) is 0 Å². The summed E-state index contributed by atoms with van der Waals surface area (Å²) in [4.78, 5) is 0. The van der Waals surface area contributed by atoms with Crippen molar-refractivity contribution in [1.29, 1.82) is 0 Å². The fourth-order valence-electron chi connectivity index (χ4n) is 7.69. The van der Waals surface area contributed by atoms with Crippen molar-refractivity contribution in [1.82, 2.24) is 5.32 Å². The maximum Gasteiger partial charge on any atom is 0.149 e. The predicted molar refractivity (Wildman–Crippen MR) is 185 cm³/mol. The van der Waals surface area contributed by atoms with Crippen LogP contribution in [0.15, 0.2) is 150 Å². The monoisotopic (exact) mass is 576 g/mol. The van der Waals surface area contributed by atoms with Crippen LogP contribution >= 0.6 is 0 Å². The molecule has 0 radical (unpaired) electrons. The highest BCUT2D eigenvalue weighted by atomic mass is 16.3. The van der Waals surface area contributed by atoms with E-state index >= 15 is 0 Å². The van der Waals surface area contributed by atoms with Crippen molar-refractivity contribution in [3.8, 4) is 33.4 Å². The molecule has 0 bridgehead atoms. The molecule has 45 heavy (non-hydrogen) atoms. The summed E-state index contributed by atoms with van der Waals surface area (Å²) in [5.74, 6) is 0.925. The van der Waals surface area contributed by atoms with Crippen molar-refractivity contribution in [2.45, 2.75) is 12.2 Å². The number of hydrogen-bond donors (Lipinski definition) is 2. The smallest absolute Gasteiger partial charge is 0.149 e. The van der Waals surface area contributed by atoms with E-state index in [-0.39, 0.29) is 12.2 Å². The average molecular weight is 577 g/mol. The molecule has 2 heterocycles. The number of para-hydroxylation sites is 1. The van der Waals surface area contributed by atoms with E-state index in [9.17, 15) is 0 Å². The van der Waals surface area contributed by atoms with Gasteiger partial charge in [-0.05, 0) is 84.3 Å². The zero-order valence-corrected chi connectivity index (χ0v) is 24.4. The first-order valence-corrected chi connectivity index (χ1v) is 15.6. The van der Waals surface area contributed by atoms with Crippen LogP contribution in [0.1, 0.15) is 29.1 Å². The number of nitrogens with one attached hydrogen (secondary N) is 2. The molecule has 0 saturated heterocycles. The lowest BCUT2D eigenvalue weighted by Crippen LogP contribution is -2.37. The largest absolute Gasteiger partial charge is 0.457 e. The van der Waals surface area contributed by atoms with E-state index in [2.05, 4.69) is 150 Å². The van der Waals surface area contributed by atoms with E-state index in [1.807, 2.05) is 6.07 Å². The standard InChI is InChI=1S/C42H28N2O/c1-2-11-27(12-3-1)39-41-40(31-16-6-7-19-35(31)45-41)44-42(43-39)34-23-22-30(29-21-20-25-10-4-5-13-28(25)24-29)37-32-17-8-14-26-15-9-18-33(36(26)32)38(34)37/h1-24,39,42-44H. The van der Waals surface area contributed by atoms with Crippen molar-refractivity contribution in [2.75, 3.05) is 5.32 Å². The highest BCUT2D eigenvalue weighted by Gasteiger charge is 2.36. The van der Waals surface area contributed by atoms with E-state index in [0.29, 0.717) is 0 Å². The first-order chi connectivity index (χ1) is 22.3. The van der Waals surface area contributed by atoms with E-state index in [1.165, 1.54) is 66.1 Å². The van der Waals surface area contributed by atoms with Gasteiger partial charge >= 0.3 is 0 Å². The topological polar surface area (TPSA) is 37.2 Å². The summed E-state index contributed by atoms with van der Waals surface area (Å²) in [6, 6.07) is 52.4. The molecular formula is C42H28N2O. The zero-order valence-electron chi connectivity index (χ0n) is 24.4. The summed E-state index contributed by atoms with van der Waals surface area (Å²) in [5, 5.41) is 14.1.